The van der Waals surface area contributed by atoms with Crippen molar-refractivity contribution in [2.75, 3.05) is 14.2 Å². The Morgan fingerprint density at radius 2 is 1.10 bits per heavy atom. The fourth-order valence-electron chi connectivity index (χ4n) is 6.94. The molecule has 5 fully saturated rings. The maximum absolute atomic E-state index is 7.34. The minimum absolute atomic E-state index is 0.0121. The summed E-state index contributed by atoms with van der Waals surface area (Å²) in [4.78, 5) is -5.06. The van der Waals surface area contributed by atoms with E-state index in [1.165, 1.54) is 14.2 Å². The van der Waals surface area contributed by atoms with E-state index in [-0.39, 0.29) is 22.1 Å². The summed E-state index contributed by atoms with van der Waals surface area (Å²) < 4.78 is 11.8. The van der Waals surface area contributed by atoms with E-state index in [2.05, 4.69) is 21.1 Å². The average molecular weight is 518 g/mol. The Hall–Kier alpha value is -0.200. The van der Waals surface area contributed by atoms with Crippen molar-refractivity contribution in [1.82, 2.24) is 10.9 Å². The van der Waals surface area contributed by atoms with E-state index in [1.54, 1.807) is 0 Å². The molecule has 2 bridgehead atoms. The van der Waals surface area contributed by atoms with Crippen LogP contribution >= 0.6 is 70.8 Å². The van der Waals surface area contributed by atoms with Gasteiger partial charge in [0.25, 0.3) is 0 Å². The van der Waals surface area contributed by atoms with Crippen LogP contribution < -0.4 is 22.3 Å². The highest BCUT2D eigenvalue weighted by molar-refractivity contribution is 7.80. The second-order valence-electron chi connectivity index (χ2n) is 7.81. The smallest absolute Gasteiger partial charge is 0.211 e. The maximum atomic E-state index is 7.34. The van der Waals surface area contributed by atoms with E-state index >= 15 is 0 Å². The lowest BCUT2D eigenvalue weighted by molar-refractivity contribution is -0.223. The molecule has 5 aliphatic rings. The second-order valence-corrected chi connectivity index (χ2v) is 11.1. The predicted octanol–water partition coefficient (Wildman–Crippen LogP) is 0.797. The minimum Gasteiger partial charge on any atom is -0.375 e. The van der Waals surface area contributed by atoms with Crippen molar-refractivity contribution in [2.45, 2.75) is 25.3 Å². The molecule has 8 nitrogen and oxygen atoms in total. The molecule has 0 aromatic heterocycles. The Balaban J connectivity index is 1.81. The van der Waals surface area contributed by atoms with Gasteiger partial charge in [0.2, 0.25) is 5.79 Å². The number of hydrogen-bond donors (Lipinski definition) is 4. The summed E-state index contributed by atoms with van der Waals surface area (Å²) in [6, 6.07) is 0. The summed E-state index contributed by atoms with van der Waals surface area (Å²) in [6.07, 6.45) is 0. The van der Waals surface area contributed by atoms with Crippen LogP contribution in [0.1, 0.15) is 0 Å². The number of halogens is 4. The van der Waals surface area contributed by atoms with Crippen LogP contribution in [0.3, 0.4) is 0 Å². The Morgan fingerprint density at radius 3 is 1.38 bits per heavy atom. The molecule has 0 amide bonds. The van der Waals surface area contributed by atoms with Gasteiger partial charge in [0.15, 0.2) is 10.2 Å². The number of thiocarbonyl (C=S) groups is 2. The molecular weight excluding hydrogens is 502 g/mol. The van der Waals surface area contributed by atoms with Gasteiger partial charge in [0, 0.05) is 49.3 Å². The first-order valence-corrected chi connectivity index (χ1v) is 10.9. The summed E-state index contributed by atoms with van der Waals surface area (Å²) in [5, 5.41) is 8.90. The van der Waals surface area contributed by atoms with E-state index in [9.17, 15) is 0 Å². The zero-order chi connectivity index (χ0) is 21.4. The summed E-state index contributed by atoms with van der Waals surface area (Å²) in [5.41, 5.74) is 17.8. The Morgan fingerprint density at radius 1 is 0.793 bits per heavy atom. The number of ether oxygens (including phenoxy) is 2. The molecular formula is C15H16Cl4N6O2S2. The lowest BCUT2D eigenvalue weighted by Gasteiger charge is -2.58. The summed E-state index contributed by atoms with van der Waals surface area (Å²) >= 11 is 39.0. The molecule has 0 aromatic carbocycles. The lowest BCUT2D eigenvalue weighted by atomic mass is 9.57. The molecule has 0 spiro atoms. The zero-order valence-electron chi connectivity index (χ0n) is 15.0. The number of rotatable bonds is 4. The van der Waals surface area contributed by atoms with Gasteiger partial charge in [0.1, 0.15) is 19.5 Å². The van der Waals surface area contributed by atoms with Gasteiger partial charge in [-0.05, 0) is 24.4 Å². The number of methoxy groups -OCH3 is 2. The quantitative estimate of drug-likeness (QED) is 0.187. The number of nitrogens with two attached hydrogens (primary N) is 2. The van der Waals surface area contributed by atoms with Gasteiger partial charge in [-0.25, -0.2) is 0 Å². The van der Waals surface area contributed by atoms with Gasteiger partial charge >= 0.3 is 0 Å². The lowest BCUT2D eigenvalue weighted by Crippen LogP contribution is -2.73. The van der Waals surface area contributed by atoms with Gasteiger partial charge in [-0.1, -0.05) is 0 Å². The van der Waals surface area contributed by atoms with Crippen LogP contribution in [-0.4, -0.2) is 61.2 Å². The fraction of sp³-hybridized carbons (Fsp3) is 0.733. The molecule has 0 saturated heterocycles. The van der Waals surface area contributed by atoms with E-state index in [0.29, 0.717) is 11.4 Å². The zero-order valence-corrected chi connectivity index (χ0v) is 19.7. The van der Waals surface area contributed by atoms with E-state index in [1.807, 2.05) is 0 Å². The van der Waals surface area contributed by atoms with Crippen molar-refractivity contribution in [2.24, 2.45) is 45.3 Å². The van der Waals surface area contributed by atoms with Crippen molar-refractivity contribution in [3.63, 3.8) is 0 Å². The topological polar surface area (TPSA) is 119 Å². The molecule has 5 aliphatic carbocycles. The van der Waals surface area contributed by atoms with Crippen LogP contribution in [0.25, 0.3) is 0 Å². The fourth-order valence-corrected chi connectivity index (χ4v) is 10.3. The largest absolute Gasteiger partial charge is 0.375 e. The number of fused-ring (bicyclic) bond motifs is 2. The second kappa shape index (κ2) is 5.58. The highest BCUT2D eigenvalue weighted by atomic mass is 35.5. The Bertz CT molecular complexity index is 878. The summed E-state index contributed by atoms with van der Waals surface area (Å²) in [6.45, 7) is 0. The van der Waals surface area contributed by atoms with Crippen LogP contribution in [-0.2, 0) is 9.47 Å². The predicted molar refractivity (Wildman–Crippen MR) is 120 cm³/mol. The van der Waals surface area contributed by atoms with Crippen LogP contribution in [0.4, 0.5) is 0 Å². The third kappa shape index (κ3) is 1.56. The third-order valence-corrected chi connectivity index (χ3v) is 11.1. The summed E-state index contributed by atoms with van der Waals surface area (Å²) in [7, 11) is 2.94. The first-order chi connectivity index (χ1) is 13.5. The van der Waals surface area contributed by atoms with E-state index < -0.39 is 37.1 Å². The van der Waals surface area contributed by atoms with Gasteiger partial charge < -0.3 is 20.9 Å². The van der Waals surface area contributed by atoms with Gasteiger partial charge in [-0.3, -0.25) is 10.9 Å². The molecule has 0 aliphatic heterocycles. The average Bonchev–Trinajstić information content (AvgIpc) is 2.96. The van der Waals surface area contributed by atoms with Gasteiger partial charge in [-0.15, -0.1) is 46.4 Å². The van der Waals surface area contributed by atoms with Gasteiger partial charge in [0.05, 0.1) is 0 Å². The molecule has 0 heterocycles. The molecule has 14 heteroatoms. The SMILES string of the molecule is COC1(OC)[C@@]2(Cl)[C@@H]3/C(=N\NC(N)=S)[C@@H]4[C@@H]5/C(=N/NC(N)=S)[C@@H]3[C@@]1(Cl)[C@@]5(Cl)[C@@]42Cl. The van der Waals surface area contributed by atoms with Crippen LogP contribution in [0.5, 0.6) is 0 Å². The van der Waals surface area contributed by atoms with Crippen molar-refractivity contribution in [3.05, 3.63) is 0 Å². The molecule has 158 valence electrons. The first kappa shape index (κ1) is 20.7. The number of alkyl halides is 4. The highest BCUT2D eigenvalue weighted by Gasteiger charge is 3.11. The van der Waals surface area contributed by atoms with Crippen molar-refractivity contribution >= 4 is 92.5 Å². The summed E-state index contributed by atoms with van der Waals surface area (Å²) in [5.74, 6) is -3.27. The molecule has 5 saturated carbocycles. The first-order valence-electron chi connectivity index (χ1n) is 8.59. The van der Waals surface area contributed by atoms with Crippen molar-refractivity contribution < 1.29 is 9.47 Å². The standard InChI is InChI=1S/C15H16Cl4N6O2S2/c1-26-15(27-2)13(18)5-6-8(23-25-10(21)29)4-3(7(5)22-24-9(20)28)11(13,16)12(4,17)14(6,15)19/h3-6H,1-2H3,(H3,20,24,28)(H3,21,25,29)/b22-7-,23-8-/t3-,4+,5-,6+,11-,12-,13+,14+/m0/s1. The Kier molecular flexibility index (Phi) is 3.98. The molecule has 0 aromatic rings. The van der Waals surface area contributed by atoms with Gasteiger partial charge in [-0.2, -0.15) is 10.2 Å². The number of nitrogens with one attached hydrogen (secondary N) is 2. The van der Waals surface area contributed by atoms with Crippen LogP contribution in [0.2, 0.25) is 0 Å². The minimum atomic E-state index is -1.50. The molecule has 0 radical (unpaired) electrons. The Labute approximate surface area is 196 Å². The van der Waals surface area contributed by atoms with Crippen LogP contribution in [0, 0.1) is 23.7 Å². The highest BCUT2D eigenvalue weighted by Crippen LogP contribution is 2.95. The molecule has 0 unspecified atom stereocenters. The molecule has 8 atom stereocenters. The molecule has 5 rings (SSSR count). The maximum Gasteiger partial charge on any atom is 0.211 e. The van der Waals surface area contributed by atoms with E-state index in [4.69, 9.17) is 91.8 Å². The number of nitrogens with zero attached hydrogens (tertiary/aromatic N) is 2. The van der Waals surface area contributed by atoms with Crippen molar-refractivity contribution in [1.29, 1.82) is 0 Å². The molecule has 6 N–H and O–H groups in total. The van der Waals surface area contributed by atoms with Crippen molar-refractivity contribution in [3.8, 4) is 0 Å². The molecule has 29 heavy (non-hydrogen) atoms. The third-order valence-electron chi connectivity index (χ3n) is 7.37. The number of hydrazone groups is 2. The van der Waals surface area contributed by atoms with Crippen LogP contribution in [0.15, 0.2) is 10.2 Å². The monoisotopic (exact) mass is 516 g/mol. The van der Waals surface area contributed by atoms with E-state index in [0.717, 1.165) is 0 Å². The normalized spacial score (nSPS) is 54.3. The number of hydrogen-bond acceptors (Lipinski definition) is 6.